The average molecular weight is 780 g/mol. The van der Waals surface area contributed by atoms with Crippen LogP contribution in [0.25, 0.3) is 0 Å². The summed E-state index contributed by atoms with van der Waals surface area (Å²) >= 11 is 0. The molecule has 1 amide bonds. The third kappa shape index (κ3) is 7.16. The predicted octanol–water partition coefficient (Wildman–Crippen LogP) is 9.21. The Hall–Kier alpha value is -1.91. The van der Waals surface area contributed by atoms with Crippen LogP contribution < -0.4 is 5.32 Å². The zero-order chi connectivity index (χ0) is 39.6. The maximum Gasteiger partial charge on any atom is 0.335 e. The number of carboxylic acid groups (broad SMARTS) is 1. The van der Waals surface area contributed by atoms with Crippen molar-refractivity contribution in [1.82, 2.24) is 15.1 Å². The summed E-state index contributed by atoms with van der Waals surface area (Å²) in [6.07, 6.45) is 13.5. The standard InChI is InChI=1S/C46H73N3O5S/c1-32(2)35-17-20-46(31-47-24-8-25-48-27-29-55(53,54)30-28-48)22-21-44(6)36(40(35)46)14-15-38-43(5)23-26-49(42(3,4)37(43)18-19-45(38,44)7)39(50)16-11-33-9-12-34(13-10-33)41(51)52/h9-10,12-13,35-38,40,47,53-54H,1,8,11,14-31H2,2-7H3,(H,51,52)/t35-,36+,37-,38+,40+,43-,44+,45+,46+/m0/s1. The van der Waals surface area contributed by atoms with Crippen molar-refractivity contribution in [2.24, 2.45) is 51.2 Å². The van der Waals surface area contributed by atoms with E-state index in [-0.39, 0.29) is 33.3 Å². The number of allylic oxidation sites excluding steroid dienone is 1. The molecular formula is C46H73N3O5S. The van der Waals surface area contributed by atoms with Gasteiger partial charge in [0.05, 0.1) is 17.1 Å². The SMILES string of the molecule is C=C(C)[C@@H]1CC[C@]2(CNCCCN3CCS(O)(O)CC3)CC[C@]3(C)[C@H](CC[C@@H]4[C@@]5(C)CCN(C(=O)CCc6ccc(C(=O)O)cc6)C(C)(C)[C@@H]5CC[C@]43C)[C@@H]12. The topological polar surface area (TPSA) is 113 Å². The normalized spacial score (nSPS) is 39.9. The highest BCUT2D eigenvalue weighted by Gasteiger charge is 2.70. The van der Waals surface area contributed by atoms with Crippen LogP contribution in [0.5, 0.6) is 0 Å². The van der Waals surface area contributed by atoms with Gasteiger partial charge in [0.25, 0.3) is 0 Å². The number of carbonyl (C=O) groups excluding carboxylic acids is 1. The van der Waals surface area contributed by atoms with E-state index in [1.165, 1.54) is 56.9 Å². The van der Waals surface area contributed by atoms with Crippen LogP contribution in [0.2, 0.25) is 0 Å². The number of rotatable bonds is 11. The second-order valence-corrected chi connectivity index (χ2v) is 23.0. The number of nitrogens with one attached hydrogen (secondary N) is 1. The lowest BCUT2D eigenvalue weighted by atomic mass is 9.33. The molecule has 9 atom stereocenters. The van der Waals surface area contributed by atoms with E-state index in [4.69, 9.17) is 0 Å². The van der Waals surface area contributed by atoms with Crippen molar-refractivity contribution >= 4 is 22.5 Å². The van der Waals surface area contributed by atoms with Gasteiger partial charge in [0.1, 0.15) is 0 Å². The summed E-state index contributed by atoms with van der Waals surface area (Å²) in [5, 5.41) is 13.3. The Morgan fingerprint density at radius 2 is 1.58 bits per heavy atom. The van der Waals surface area contributed by atoms with E-state index in [1.54, 1.807) is 12.1 Å². The molecule has 9 heteroatoms. The molecule has 7 rings (SSSR count). The Kier molecular flexibility index (Phi) is 11.3. The lowest BCUT2D eigenvalue weighted by Gasteiger charge is -2.73. The summed E-state index contributed by atoms with van der Waals surface area (Å²) in [6, 6.07) is 6.98. The fourth-order valence-corrected chi connectivity index (χ4v) is 16.0. The molecule has 4 saturated carbocycles. The van der Waals surface area contributed by atoms with Gasteiger partial charge in [-0.05, 0) is 173 Å². The molecule has 2 aliphatic heterocycles. The molecule has 4 aliphatic carbocycles. The molecule has 0 spiro atoms. The number of carboxylic acids is 1. The first-order valence-electron chi connectivity index (χ1n) is 21.8. The lowest BCUT2D eigenvalue weighted by molar-refractivity contribution is -0.240. The molecule has 1 aromatic rings. The number of amides is 1. The summed E-state index contributed by atoms with van der Waals surface area (Å²) in [7, 11) is -2.34. The van der Waals surface area contributed by atoms with Crippen LogP contribution in [0.3, 0.4) is 0 Å². The Balaban J connectivity index is 1.03. The summed E-state index contributed by atoms with van der Waals surface area (Å²) in [5.41, 5.74) is 3.56. The molecule has 6 fully saturated rings. The van der Waals surface area contributed by atoms with Crippen LogP contribution in [-0.4, -0.2) is 92.2 Å². The van der Waals surface area contributed by atoms with Gasteiger partial charge in [0.2, 0.25) is 5.91 Å². The first-order chi connectivity index (χ1) is 25.9. The molecule has 0 radical (unpaired) electrons. The third-order valence-electron chi connectivity index (χ3n) is 17.8. The molecule has 8 nitrogen and oxygen atoms in total. The van der Waals surface area contributed by atoms with Crippen molar-refractivity contribution in [3.63, 3.8) is 0 Å². The van der Waals surface area contributed by atoms with Crippen molar-refractivity contribution in [2.45, 2.75) is 124 Å². The molecule has 4 N–H and O–H groups in total. The Bertz CT molecular complexity index is 1600. The number of likely N-dealkylation sites (tertiary alicyclic amines) is 1. The smallest absolute Gasteiger partial charge is 0.335 e. The lowest BCUT2D eigenvalue weighted by Crippen LogP contribution is -2.70. The van der Waals surface area contributed by atoms with Crippen LogP contribution in [0.4, 0.5) is 0 Å². The van der Waals surface area contributed by atoms with E-state index in [0.717, 1.165) is 57.7 Å². The molecule has 1 aromatic carbocycles. The van der Waals surface area contributed by atoms with Crippen LogP contribution in [-0.2, 0) is 11.2 Å². The van der Waals surface area contributed by atoms with Gasteiger partial charge in [-0.15, -0.1) is 0 Å². The Labute approximate surface area is 334 Å². The molecule has 0 bridgehead atoms. The highest BCUT2D eigenvalue weighted by molar-refractivity contribution is 8.24. The molecule has 308 valence electrons. The number of aromatic carboxylic acids is 1. The molecule has 2 heterocycles. The average Bonchev–Trinajstić information content (AvgIpc) is 3.51. The number of hydrogen-bond donors (Lipinski definition) is 4. The number of piperidine rings is 1. The van der Waals surface area contributed by atoms with Gasteiger partial charge >= 0.3 is 5.97 Å². The Morgan fingerprint density at radius 3 is 2.25 bits per heavy atom. The van der Waals surface area contributed by atoms with Gasteiger partial charge in [-0.2, -0.15) is 10.6 Å². The molecule has 2 saturated heterocycles. The fourth-order valence-electron chi connectivity index (χ4n) is 14.7. The number of carbonyl (C=O) groups is 2. The van der Waals surface area contributed by atoms with Crippen LogP contribution >= 0.6 is 10.6 Å². The van der Waals surface area contributed by atoms with Crippen molar-refractivity contribution in [3.8, 4) is 0 Å². The second kappa shape index (κ2) is 15.0. The van der Waals surface area contributed by atoms with Crippen molar-refractivity contribution in [2.75, 3.05) is 50.8 Å². The van der Waals surface area contributed by atoms with Crippen molar-refractivity contribution in [3.05, 3.63) is 47.5 Å². The van der Waals surface area contributed by atoms with Crippen LogP contribution in [0, 0.1) is 51.2 Å². The minimum Gasteiger partial charge on any atom is -0.478 e. The van der Waals surface area contributed by atoms with E-state index in [9.17, 15) is 23.8 Å². The molecule has 0 aromatic heterocycles. The van der Waals surface area contributed by atoms with E-state index in [1.807, 2.05) is 12.1 Å². The summed E-state index contributed by atoms with van der Waals surface area (Å²) in [5.74, 6) is 3.48. The fraction of sp³-hybridized carbons (Fsp3) is 0.783. The maximum absolute atomic E-state index is 14.0. The maximum atomic E-state index is 14.0. The summed E-state index contributed by atoms with van der Waals surface area (Å²) in [4.78, 5) is 29.9. The van der Waals surface area contributed by atoms with Crippen LogP contribution in [0.15, 0.2) is 36.4 Å². The largest absolute Gasteiger partial charge is 0.478 e. The third-order valence-corrected chi connectivity index (χ3v) is 19.5. The van der Waals surface area contributed by atoms with Crippen molar-refractivity contribution in [1.29, 1.82) is 0 Å². The Morgan fingerprint density at radius 1 is 0.873 bits per heavy atom. The molecular weight excluding hydrogens is 707 g/mol. The minimum atomic E-state index is -2.34. The van der Waals surface area contributed by atoms with E-state index < -0.39 is 16.6 Å². The van der Waals surface area contributed by atoms with Gasteiger partial charge in [-0.25, -0.2) is 4.79 Å². The summed E-state index contributed by atoms with van der Waals surface area (Å²) < 4.78 is 20.0. The minimum absolute atomic E-state index is 0.193. The molecule has 55 heavy (non-hydrogen) atoms. The number of fused-ring (bicyclic) bond motifs is 7. The monoisotopic (exact) mass is 780 g/mol. The van der Waals surface area contributed by atoms with Crippen molar-refractivity contribution < 1.29 is 23.8 Å². The van der Waals surface area contributed by atoms with E-state index >= 15 is 0 Å². The van der Waals surface area contributed by atoms with Gasteiger partial charge in [0.15, 0.2) is 0 Å². The van der Waals surface area contributed by atoms with Gasteiger partial charge in [-0.3, -0.25) is 13.9 Å². The molecule has 6 aliphatic rings. The van der Waals surface area contributed by atoms with Crippen LogP contribution in [0.1, 0.15) is 128 Å². The van der Waals surface area contributed by atoms with Gasteiger partial charge < -0.3 is 20.2 Å². The number of nitrogens with zero attached hydrogens (tertiary/aromatic N) is 2. The number of benzene rings is 1. The van der Waals surface area contributed by atoms with E-state index in [2.05, 4.69) is 63.2 Å². The molecule has 0 unspecified atom stereocenters. The second-order valence-electron chi connectivity index (χ2n) is 20.6. The summed E-state index contributed by atoms with van der Waals surface area (Å²) in [6.45, 7) is 25.3. The first kappa shape index (κ1) is 41.3. The highest BCUT2D eigenvalue weighted by Crippen LogP contribution is 2.76. The van der Waals surface area contributed by atoms with Gasteiger partial charge in [0, 0.05) is 38.1 Å². The quantitative estimate of drug-likeness (QED) is 0.131. The predicted molar refractivity (Wildman–Crippen MR) is 225 cm³/mol. The van der Waals surface area contributed by atoms with Gasteiger partial charge in [-0.1, -0.05) is 45.1 Å². The van der Waals surface area contributed by atoms with E-state index in [0.29, 0.717) is 59.4 Å². The number of hydrogen-bond acceptors (Lipinski definition) is 6. The highest BCUT2D eigenvalue weighted by atomic mass is 32.3. The number of aryl methyl sites for hydroxylation is 1. The zero-order valence-electron chi connectivity index (χ0n) is 35.0. The first-order valence-corrected chi connectivity index (χ1v) is 23.7. The zero-order valence-corrected chi connectivity index (χ0v) is 35.8.